The van der Waals surface area contributed by atoms with E-state index >= 15 is 0 Å². The fourth-order valence-electron chi connectivity index (χ4n) is 3.07. The minimum Gasteiger partial charge on any atom is -0.484 e. The van der Waals surface area contributed by atoms with Gasteiger partial charge in [0.05, 0.1) is 6.54 Å². The molecule has 0 unspecified atom stereocenters. The summed E-state index contributed by atoms with van der Waals surface area (Å²) in [5, 5.41) is 17.8. The Bertz CT molecular complexity index is 1330. The number of carbonyl (C=O) groups is 2. The molecule has 4 rings (SSSR count). The molecule has 10 nitrogen and oxygen atoms in total. The molecule has 2 N–H and O–H groups in total. The first-order chi connectivity index (χ1) is 16.5. The summed E-state index contributed by atoms with van der Waals surface area (Å²) in [6, 6.07) is 16.0. The van der Waals surface area contributed by atoms with Gasteiger partial charge < -0.3 is 20.1 Å². The molecule has 174 valence electrons. The van der Waals surface area contributed by atoms with Crippen molar-refractivity contribution < 1.29 is 23.5 Å². The van der Waals surface area contributed by atoms with Crippen LogP contribution in [-0.4, -0.2) is 51.4 Å². The summed E-state index contributed by atoms with van der Waals surface area (Å²) in [6.45, 7) is 1.62. The Balaban J connectivity index is 1.27. The summed E-state index contributed by atoms with van der Waals surface area (Å²) in [7, 11) is 0. The average Bonchev–Trinajstić information content (AvgIpc) is 3.24. The van der Waals surface area contributed by atoms with E-state index in [0.717, 1.165) is 0 Å². The number of benzene rings is 2. The smallest absolute Gasteiger partial charge is 0.258 e. The number of hydrogen-bond acceptors (Lipinski definition) is 7. The quantitative estimate of drug-likeness (QED) is 0.365. The number of aromatic nitrogens is 4. The van der Waals surface area contributed by atoms with Gasteiger partial charge in [0.25, 0.3) is 5.91 Å². The zero-order valence-electron chi connectivity index (χ0n) is 18.2. The third-order valence-electron chi connectivity index (χ3n) is 4.52. The molecule has 0 radical (unpaired) electrons. The molecular weight excluding hydrogens is 443 g/mol. The molecule has 0 fully saturated rings. The fraction of sp³-hybridized carbons (Fsp3) is 0.174. The molecule has 0 aliphatic carbocycles. The van der Waals surface area contributed by atoms with E-state index in [0.29, 0.717) is 34.4 Å². The lowest BCUT2D eigenvalue weighted by Crippen LogP contribution is -2.32. The van der Waals surface area contributed by atoms with Gasteiger partial charge in [0.1, 0.15) is 18.2 Å². The molecule has 2 amide bonds. The number of amides is 2. The highest BCUT2D eigenvalue weighted by atomic mass is 19.1. The molecule has 0 saturated heterocycles. The van der Waals surface area contributed by atoms with Crippen molar-refractivity contribution in [1.29, 1.82) is 0 Å². The molecule has 0 saturated carbocycles. The van der Waals surface area contributed by atoms with Crippen LogP contribution in [0.2, 0.25) is 0 Å². The second-order valence-corrected chi connectivity index (χ2v) is 7.17. The maximum Gasteiger partial charge on any atom is 0.258 e. The van der Waals surface area contributed by atoms with Crippen LogP contribution in [-0.2, 0) is 9.59 Å². The maximum atomic E-state index is 13.6. The molecule has 0 spiro atoms. The number of nitrogens with zero attached hydrogens (tertiary/aromatic N) is 4. The van der Waals surface area contributed by atoms with Crippen LogP contribution >= 0.6 is 0 Å². The standard InChI is InChI=1S/C23H21FN6O4/c1-15(31)26-18-6-3-7-19(13-18)34-14-21(32)25-10-11-33-22-9-8-20-27-28-23(30(20)29-22)16-4-2-5-17(24)12-16/h2-9,12-13H,10-11,14H2,1H3,(H,25,32)(H,26,31). The van der Waals surface area contributed by atoms with Crippen LogP contribution in [0.5, 0.6) is 11.6 Å². The Labute approximate surface area is 193 Å². The molecule has 2 aromatic heterocycles. The number of nitrogens with one attached hydrogen (secondary N) is 2. The Morgan fingerprint density at radius 2 is 1.88 bits per heavy atom. The van der Waals surface area contributed by atoms with Gasteiger partial charge in [-0.2, -0.15) is 4.52 Å². The average molecular weight is 464 g/mol. The zero-order valence-corrected chi connectivity index (χ0v) is 18.2. The lowest BCUT2D eigenvalue weighted by Gasteiger charge is -2.10. The first kappa shape index (κ1) is 22.6. The van der Waals surface area contributed by atoms with E-state index < -0.39 is 0 Å². The first-order valence-electron chi connectivity index (χ1n) is 10.4. The molecule has 0 bridgehead atoms. The van der Waals surface area contributed by atoms with E-state index in [4.69, 9.17) is 9.47 Å². The van der Waals surface area contributed by atoms with E-state index in [1.165, 1.54) is 23.6 Å². The van der Waals surface area contributed by atoms with Gasteiger partial charge in [0.15, 0.2) is 18.1 Å². The normalized spacial score (nSPS) is 10.6. The van der Waals surface area contributed by atoms with Gasteiger partial charge in [-0.15, -0.1) is 15.3 Å². The van der Waals surface area contributed by atoms with Crippen molar-refractivity contribution in [3.05, 3.63) is 66.5 Å². The highest BCUT2D eigenvalue weighted by Gasteiger charge is 2.11. The Kier molecular flexibility index (Phi) is 6.92. The largest absolute Gasteiger partial charge is 0.484 e. The van der Waals surface area contributed by atoms with Crippen molar-refractivity contribution in [3.8, 4) is 23.0 Å². The Morgan fingerprint density at radius 1 is 1.03 bits per heavy atom. The van der Waals surface area contributed by atoms with Gasteiger partial charge >= 0.3 is 0 Å². The SMILES string of the molecule is CC(=O)Nc1cccc(OCC(=O)NCCOc2ccc3nnc(-c4cccc(F)c4)n3n2)c1. The van der Waals surface area contributed by atoms with Gasteiger partial charge in [-0.1, -0.05) is 18.2 Å². The number of carbonyl (C=O) groups excluding carboxylic acids is 2. The molecule has 2 aromatic carbocycles. The molecule has 2 heterocycles. The second kappa shape index (κ2) is 10.4. The summed E-state index contributed by atoms with van der Waals surface area (Å²) in [5.41, 5.74) is 1.60. The van der Waals surface area contributed by atoms with Gasteiger partial charge in [0, 0.05) is 30.3 Å². The summed E-state index contributed by atoms with van der Waals surface area (Å²) in [6.07, 6.45) is 0. The van der Waals surface area contributed by atoms with Gasteiger partial charge in [-0.25, -0.2) is 4.39 Å². The maximum absolute atomic E-state index is 13.6. The highest BCUT2D eigenvalue weighted by Crippen LogP contribution is 2.20. The van der Waals surface area contributed by atoms with Crippen LogP contribution in [0.3, 0.4) is 0 Å². The molecular formula is C23H21FN6O4. The van der Waals surface area contributed by atoms with Crippen molar-refractivity contribution in [2.24, 2.45) is 0 Å². The Hall–Kier alpha value is -4.54. The van der Waals surface area contributed by atoms with E-state index in [-0.39, 0.29) is 37.4 Å². The van der Waals surface area contributed by atoms with Crippen LogP contribution in [0.25, 0.3) is 17.0 Å². The lowest BCUT2D eigenvalue weighted by molar-refractivity contribution is -0.123. The fourth-order valence-corrected chi connectivity index (χ4v) is 3.07. The van der Waals surface area contributed by atoms with Crippen molar-refractivity contribution in [2.75, 3.05) is 25.1 Å². The number of hydrogen-bond donors (Lipinski definition) is 2. The number of halogens is 1. The second-order valence-electron chi connectivity index (χ2n) is 7.17. The highest BCUT2D eigenvalue weighted by molar-refractivity contribution is 5.88. The van der Waals surface area contributed by atoms with Gasteiger partial charge in [-0.05, 0) is 30.3 Å². The Morgan fingerprint density at radius 3 is 2.71 bits per heavy atom. The van der Waals surface area contributed by atoms with E-state index in [2.05, 4.69) is 25.9 Å². The summed E-state index contributed by atoms with van der Waals surface area (Å²) >= 11 is 0. The van der Waals surface area contributed by atoms with E-state index in [1.807, 2.05) is 0 Å². The van der Waals surface area contributed by atoms with Gasteiger partial charge in [-0.3, -0.25) is 9.59 Å². The number of rotatable bonds is 9. The summed E-state index contributed by atoms with van der Waals surface area (Å²) in [4.78, 5) is 23.2. The molecule has 4 aromatic rings. The molecule has 0 aliphatic heterocycles. The third-order valence-corrected chi connectivity index (χ3v) is 4.52. The summed E-state index contributed by atoms with van der Waals surface area (Å²) in [5.74, 6) is 0.223. The van der Waals surface area contributed by atoms with E-state index in [1.54, 1.807) is 48.5 Å². The van der Waals surface area contributed by atoms with Crippen LogP contribution in [0.1, 0.15) is 6.92 Å². The number of ether oxygens (including phenoxy) is 2. The van der Waals surface area contributed by atoms with Crippen molar-refractivity contribution in [1.82, 2.24) is 25.1 Å². The van der Waals surface area contributed by atoms with Crippen LogP contribution in [0, 0.1) is 5.82 Å². The monoisotopic (exact) mass is 464 g/mol. The molecule has 0 aliphatic rings. The predicted molar refractivity (Wildman–Crippen MR) is 121 cm³/mol. The minimum atomic E-state index is -0.387. The summed E-state index contributed by atoms with van der Waals surface area (Å²) < 4.78 is 26.1. The molecule has 11 heteroatoms. The molecule has 0 atom stereocenters. The predicted octanol–water partition coefficient (Wildman–Crippen LogP) is 2.46. The molecule has 34 heavy (non-hydrogen) atoms. The third kappa shape index (κ3) is 5.82. The van der Waals surface area contributed by atoms with Crippen LogP contribution in [0.4, 0.5) is 10.1 Å². The number of anilines is 1. The van der Waals surface area contributed by atoms with Crippen molar-refractivity contribution >= 4 is 23.1 Å². The van der Waals surface area contributed by atoms with Gasteiger partial charge in [0.2, 0.25) is 11.8 Å². The topological polar surface area (TPSA) is 120 Å². The zero-order chi connectivity index (χ0) is 23.9. The van der Waals surface area contributed by atoms with Crippen LogP contribution in [0.15, 0.2) is 60.7 Å². The minimum absolute atomic E-state index is 0.166. The van der Waals surface area contributed by atoms with Crippen molar-refractivity contribution in [3.63, 3.8) is 0 Å². The lowest BCUT2D eigenvalue weighted by atomic mass is 10.2. The van der Waals surface area contributed by atoms with E-state index in [9.17, 15) is 14.0 Å². The number of fused-ring (bicyclic) bond motifs is 1. The van der Waals surface area contributed by atoms with Crippen molar-refractivity contribution in [2.45, 2.75) is 6.92 Å². The van der Waals surface area contributed by atoms with Crippen LogP contribution < -0.4 is 20.1 Å². The first-order valence-corrected chi connectivity index (χ1v) is 10.4.